The van der Waals surface area contributed by atoms with Gasteiger partial charge in [0.1, 0.15) is 6.61 Å². The third-order valence-corrected chi connectivity index (χ3v) is 1.98. The van der Waals surface area contributed by atoms with Crippen LogP contribution >= 0.6 is 11.6 Å². The predicted octanol–water partition coefficient (Wildman–Crippen LogP) is 2.19. The molecule has 1 aromatic rings. The second-order valence-corrected chi connectivity index (χ2v) is 3.38. The lowest BCUT2D eigenvalue weighted by molar-refractivity contribution is 0.131. The zero-order valence-electron chi connectivity index (χ0n) is 8.29. The van der Waals surface area contributed by atoms with Crippen LogP contribution in [0.25, 0.3) is 0 Å². The van der Waals surface area contributed by atoms with Gasteiger partial charge in [0.2, 0.25) is 0 Å². The molecule has 1 aromatic carbocycles. The highest BCUT2D eigenvalue weighted by atomic mass is 35.5. The van der Waals surface area contributed by atoms with E-state index in [4.69, 9.17) is 16.7 Å². The minimum Gasteiger partial charge on any atom is -0.447 e. The number of aryl methyl sites for hydroxylation is 1. The molecule has 15 heavy (non-hydrogen) atoms. The largest absolute Gasteiger partial charge is 0.447 e. The molecule has 0 atom stereocenters. The van der Waals surface area contributed by atoms with E-state index in [1.54, 1.807) is 18.2 Å². The quantitative estimate of drug-likeness (QED) is 0.835. The van der Waals surface area contributed by atoms with Gasteiger partial charge in [-0.05, 0) is 30.7 Å². The van der Waals surface area contributed by atoms with Crippen LogP contribution < -0.4 is 5.32 Å². The van der Waals surface area contributed by atoms with Crippen LogP contribution in [-0.4, -0.2) is 24.4 Å². The van der Waals surface area contributed by atoms with E-state index < -0.39 is 6.09 Å². The number of ether oxygens (including phenoxy) is 1. The molecular formula is C10H12ClNO3. The number of halogens is 1. The molecule has 1 rings (SSSR count). The average Bonchev–Trinajstić information content (AvgIpc) is 2.19. The predicted molar refractivity (Wildman–Crippen MR) is 58.2 cm³/mol. The summed E-state index contributed by atoms with van der Waals surface area (Å²) in [5.74, 6) is 0. The molecule has 0 fully saturated rings. The van der Waals surface area contributed by atoms with Crippen LogP contribution in [0.2, 0.25) is 5.02 Å². The van der Waals surface area contributed by atoms with Crippen LogP contribution in [0.4, 0.5) is 10.5 Å². The first-order valence-corrected chi connectivity index (χ1v) is 4.82. The molecule has 0 bridgehead atoms. The Morgan fingerprint density at radius 1 is 1.60 bits per heavy atom. The lowest BCUT2D eigenvalue weighted by Gasteiger charge is -2.08. The number of aliphatic hydroxyl groups is 1. The summed E-state index contributed by atoms with van der Waals surface area (Å²) in [5.41, 5.74) is 1.49. The van der Waals surface area contributed by atoms with E-state index in [2.05, 4.69) is 10.1 Å². The zero-order valence-corrected chi connectivity index (χ0v) is 9.04. The maximum Gasteiger partial charge on any atom is 0.411 e. The summed E-state index contributed by atoms with van der Waals surface area (Å²) in [5, 5.41) is 11.6. The van der Waals surface area contributed by atoms with Gasteiger partial charge in [-0.25, -0.2) is 4.79 Å². The van der Waals surface area contributed by atoms with Crippen molar-refractivity contribution in [2.75, 3.05) is 18.5 Å². The second kappa shape index (κ2) is 5.58. The van der Waals surface area contributed by atoms with E-state index in [9.17, 15) is 4.79 Å². The summed E-state index contributed by atoms with van der Waals surface area (Å²) in [6.07, 6.45) is -0.588. The molecule has 1 amide bonds. The fraction of sp³-hybridized carbons (Fsp3) is 0.300. The average molecular weight is 230 g/mol. The number of rotatable bonds is 3. The van der Waals surface area contributed by atoms with Crippen molar-refractivity contribution in [2.45, 2.75) is 6.92 Å². The monoisotopic (exact) mass is 229 g/mol. The molecule has 0 radical (unpaired) electrons. The molecule has 5 heteroatoms. The van der Waals surface area contributed by atoms with Crippen molar-refractivity contribution in [1.29, 1.82) is 0 Å². The normalized spacial score (nSPS) is 9.80. The lowest BCUT2D eigenvalue weighted by atomic mass is 10.2. The molecule has 0 aliphatic carbocycles. The molecule has 0 saturated heterocycles. The number of hydrogen-bond donors (Lipinski definition) is 2. The summed E-state index contributed by atoms with van der Waals surface area (Å²) in [6.45, 7) is 1.62. The highest BCUT2D eigenvalue weighted by molar-refractivity contribution is 6.30. The number of aliphatic hydroxyl groups excluding tert-OH is 1. The Morgan fingerprint density at radius 2 is 2.33 bits per heavy atom. The summed E-state index contributed by atoms with van der Waals surface area (Å²) in [7, 11) is 0. The van der Waals surface area contributed by atoms with E-state index >= 15 is 0 Å². The Hall–Kier alpha value is -1.26. The van der Waals surface area contributed by atoms with Crippen molar-refractivity contribution in [1.82, 2.24) is 0 Å². The van der Waals surface area contributed by atoms with Crippen molar-refractivity contribution in [3.63, 3.8) is 0 Å². The minimum absolute atomic E-state index is 0.0154. The van der Waals surface area contributed by atoms with Crippen LogP contribution in [0, 0.1) is 6.92 Å². The third-order valence-electron chi connectivity index (χ3n) is 1.75. The maximum absolute atomic E-state index is 11.1. The number of benzene rings is 1. The number of carbonyl (C=O) groups excluding carboxylic acids is 1. The SMILES string of the molecule is Cc1cc(Cl)ccc1NC(=O)OCCO. The number of anilines is 1. The van der Waals surface area contributed by atoms with E-state index in [1.807, 2.05) is 6.92 Å². The van der Waals surface area contributed by atoms with Gasteiger partial charge in [-0.1, -0.05) is 11.6 Å². The molecule has 4 nitrogen and oxygen atoms in total. The fourth-order valence-electron chi connectivity index (χ4n) is 1.05. The van der Waals surface area contributed by atoms with Gasteiger partial charge in [-0.15, -0.1) is 0 Å². The molecule has 0 heterocycles. The molecule has 82 valence electrons. The van der Waals surface area contributed by atoms with E-state index in [0.29, 0.717) is 10.7 Å². The number of carbonyl (C=O) groups is 1. The first-order valence-electron chi connectivity index (χ1n) is 4.44. The lowest BCUT2D eigenvalue weighted by Crippen LogP contribution is -2.16. The van der Waals surface area contributed by atoms with Gasteiger partial charge >= 0.3 is 6.09 Å². The molecule has 0 saturated carbocycles. The Morgan fingerprint density at radius 3 is 2.93 bits per heavy atom. The van der Waals surface area contributed by atoms with E-state index in [1.165, 1.54) is 0 Å². The molecule has 0 aromatic heterocycles. The van der Waals surface area contributed by atoms with Gasteiger partial charge in [-0.2, -0.15) is 0 Å². The molecule has 0 aliphatic rings. The summed E-state index contributed by atoms with van der Waals surface area (Å²) >= 11 is 5.76. The van der Waals surface area contributed by atoms with Gasteiger partial charge in [0.05, 0.1) is 6.61 Å². The van der Waals surface area contributed by atoms with Crippen molar-refractivity contribution in [2.24, 2.45) is 0 Å². The Balaban J connectivity index is 2.60. The standard InChI is InChI=1S/C10H12ClNO3/c1-7-6-8(11)2-3-9(7)12-10(14)15-5-4-13/h2-3,6,13H,4-5H2,1H3,(H,12,14). The first kappa shape index (κ1) is 11.8. The molecular weight excluding hydrogens is 218 g/mol. The number of hydrogen-bond acceptors (Lipinski definition) is 3. The first-order chi connectivity index (χ1) is 7.13. The van der Waals surface area contributed by atoms with Crippen molar-refractivity contribution in [3.8, 4) is 0 Å². The van der Waals surface area contributed by atoms with Crippen molar-refractivity contribution >= 4 is 23.4 Å². The summed E-state index contributed by atoms with van der Waals surface area (Å²) < 4.78 is 4.65. The van der Waals surface area contributed by atoms with Crippen LogP contribution in [0.3, 0.4) is 0 Å². The summed E-state index contributed by atoms with van der Waals surface area (Å²) in [6, 6.07) is 5.11. The molecule has 0 spiro atoms. The molecule has 2 N–H and O–H groups in total. The third kappa shape index (κ3) is 3.77. The smallest absolute Gasteiger partial charge is 0.411 e. The minimum atomic E-state index is -0.588. The summed E-state index contributed by atoms with van der Waals surface area (Å²) in [4.78, 5) is 11.1. The second-order valence-electron chi connectivity index (χ2n) is 2.94. The van der Waals surface area contributed by atoms with Crippen molar-refractivity contribution in [3.05, 3.63) is 28.8 Å². The van der Waals surface area contributed by atoms with Gasteiger partial charge in [-0.3, -0.25) is 5.32 Å². The van der Waals surface area contributed by atoms with Crippen molar-refractivity contribution < 1.29 is 14.6 Å². The van der Waals surface area contributed by atoms with Gasteiger partial charge in [0.15, 0.2) is 0 Å². The topological polar surface area (TPSA) is 58.6 Å². The van der Waals surface area contributed by atoms with Gasteiger partial charge in [0, 0.05) is 10.7 Å². The van der Waals surface area contributed by atoms with Crippen LogP contribution in [0.15, 0.2) is 18.2 Å². The number of nitrogens with one attached hydrogen (secondary N) is 1. The number of amides is 1. The maximum atomic E-state index is 11.1. The highest BCUT2D eigenvalue weighted by Crippen LogP contribution is 2.19. The molecule has 0 unspecified atom stereocenters. The molecule has 0 aliphatic heterocycles. The van der Waals surface area contributed by atoms with Crippen LogP contribution in [0.5, 0.6) is 0 Å². The highest BCUT2D eigenvalue weighted by Gasteiger charge is 2.05. The van der Waals surface area contributed by atoms with Gasteiger partial charge in [0.25, 0.3) is 0 Å². The Labute approximate surface area is 92.8 Å². The fourth-order valence-corrected chi connectivity index (χ4v) is 1.28. The Bertz CT molecular complexity index is 355. The van der Waals surface area contributed by atoms with Crippen LogP contribution in [-0.2, 0) is 4.74 Å². The van der Waals surface area contributed by atoms with E-state index in [0.717, 1.165) is 5.56 Å². The zero-order chi connectivity index (χ0) is 11.3. The van der Waals surface area contributed by atoms with Gasteiger partial charge < -0.3 is 9.84 Å². The Kier molecular flexibility index (Phi) is 4.39. The van der Waals surface area contributed by atoms with Crippen LogP contribution in [0.1, 0.15) is 5.56 Å². The van der Waals surface area contributed by atoms with E-state index in [-0.39, 0.29) is 13.2 Å².